The molecule has 1 aromatic carbocycles. The quantitative estimate of drug-likeness (QED) is 0.411. The van der Waals surface area contributed by atoms with Crippen LogP contribution in [0.4, 0.5) is 11.6 Å². The van der Waals surface area contributed by atoms with Crippen molar-refractivity contribution < 1.29 is 12.8 Å². The van der Waals surface area contributed by atoms with Crippen molar-refractivity contribution in [3.8, 4) is 11.5 Å². The molecule has 4 rings (SSSR count). The summed E-state index contributed by atoms with van der Waals surface area (Å²) in [5.41, 5.74) is 7.05. The predicted molar refractivity (Wildman–Crippen MR) is 138 cm³/mol. The van der Waals surface area contributed by atoms with Crippen LogP contribution in [0.15, 0.2) is 40.8 Å². The number of nitrogens with one attached hydrogen (secondary N) is 1. The summed E-state index contributed by atoms with van der Waals surface area (Å²) in [5.74, 6) is 2.09. The van der Waals surface area contributed by atoms with Gasteiger partial charge in [-0.15, -0.1) is 10.2 Å². The Morgan fingerprint density at radius 1 is 1.29 bits per heavy atom. The van der Waals surface area contributed by atoms with E-state index in [1.807, 2.05) is 37.3 Å². The molecular weight excluding hydrogens is 488 g/mol. The first-order valence-corrected chi connectivity index (χ1v) is 13.6. The summed E-state index contributed by atoms with van der Waals surface area (Å²) in [7, 11) is -2.17. The molecule has 0 amide bonds. The van der Waals surface area contributed by atoms with Gasteiger partial charge in [0.15, 0.2) is 5.82 Å². The normalized spacial score (nSPS) is 19.3. The Balaban J connectivity index is 1.70. The number of halogens is 1. The fourth-order valence-corrected chi connectivity index (χ4v) is 5.01. The third-order valence-corrected chi connectivity index (χ3v) is 8.51. The topological polar surface area (TPSA) is 127 Å². The van der Waals surface area contributed by atoms with E-state index in [9.17, 15) is 8.42 Å². The maximum atomic E-state index is 12.6. The predicted octanol–water partition coefficient (Wildman–Crippen LogP) is 4.06. The molecule has 188 valence electrons. The molecule has 2 aromatic heterocycles. The van der Waals surface area contributed by atoms with Crippen molar-refractivity contribution in [3.05, 3.63) is 52.9 Å². The highest BCUT2D eigenvalue weighted by Crippen LogP contribution is 2.40. The fourth-order valence-electron chi connectivity index (χ4n) is 3.87. The van der Waals surface area contributed by atoms with E-state index in [0.717, 1.165) is 22.8 Å². The second kappa shape index (κ2) is 9.75. The highest BCUT2D eigenvalue weighted by atomic mass is 35.5. The summed E-state index contributed by atoms with van der Waals surface area (Å²) >= 11 is 6.67. The van der Waals surface area contributed by atoms with Crippen LogP contribution >= 0.6 is 11.6 Å². The van der Waals surface area contributed by atoms with E-state index in [0.29, 0.717) is 29.6 Å². The van der Waals surface area contributed by atoms with Gasteiger partial charge in [0.25, 0.3) is 0 Å². The van der Waals surface area contributed by atoms with Gasteiger partial charge in [-0.25, -0.2) is 13.4 Å². The van der Waals surface area contributed by atoms with Crippen molar-refractivity contribution in [1.82, 2.24) is 15.2 Å². The third kappa shape index (κ3) is 5.60. The lowest BCUT2D eigenvalue weighted by molar-refractivity contribution is 0.355. The van der Waals surface area contributed by atoms with Crippen molar-refractivity contribution in [2.24, 2.45) is 17.6 Å². The van der Waals surface area contributed by atoms with Gasteiger partial charge in [-0.05, 0) is 50.2 Å². The molecule has 0 spiro atoms. The van der Waals surface area contributed by atoms with E-state index in [4.69, 9.17) is 21.8 Å². The second-order valence-electron chi connectivity index (χ2n) is 9.41. The van der Waals surface area contributed by atoms with E-state index >= 15 is 0 Å². The Kier molecular flexibility index (Phi) is 7.08. The standard InChI is InChI=1S/C24H31ClN6O3S/c1-5-35(32,33)31(4)21-20(25)18(12-19(28-21)27-14-17-11-15(17)2)22-29-30-23(34-22)24(3,26)13-16-9-7-6-8-10-16/h6-10,12,15,17H,5,11,13-14,26H2,1-4H3,(H,27,28). The molecule has 1 aliphatic carbocycles. The Morgan fingerprint density at radius 2 is 1.97 bits per heavy atom. The monoisotopic (exact) mass is 518 g/mol. The average Bonchev–Trinajstić information content (AvgIpc) is 3.30. The molecule has 3 aromatic rings. The second-order valence-corrected chi connectivity index (χ2v) is 12.1. The smallest absolute Gasteiger partial charge is 0.249 e. The van der Waals surface area contributed by atoms with Gasteiger partial charge in [0.2, 0.25) is 21.8 Å². The Hall–Kier alpha value is -2.69. The van der Waals surface area contributed by atoms with Crippen molar-refractivity contribution in [3.63, 3.8) is 0 Å². The molecule has 1 aliphatic rings. The average molecular weight is 519 g/mol. The van der Waals surface area contributed by atoms with Crippen LogP contribution in [0, 0.1) is 11.8 Å². The summed E-state index contributed by atoms with van der Waals surface area (Å²) in [5, 5.41) is 11.8. The van der Waals surface area contributed by atoms with Gasteiger partial charge in [-0.3, -0.25) is 4.31 Å². The first-order chi connectivity index (χ1) is 16.5. The summed E-state index contributed by atoms with van der Waals surface area (Å²) in [6.07, 6.45) is 1.64. The molecule has 9 nitrogen and oxygen atoms in total. The lowest BCUT2D eigenvalue weighted by atomic mass is 9.94. The van der Waals surface area contributed by atoms with Gasteiger partial charge in [0.1, 0.15) is 5.82 Å². The van der Waals surface area contributed by atoms with Gasteiger partial charge in [-0.1, -0.05) is 48.9 Å². The molecule has 3 N–H and O–H groups in total. The molecule has 0 radical (unpaired) electrons. The summed E-state index contributed by atoms with van der Waals surface area (Å²) in [6.45, 7) is 6.31. The highest BCUT2D eigenvalue weighted by Gasteiger charge is 2.33. The summed E-state index contributed by atoms with van der Waals surface area (Å²) < 4.78 is 32.2. The van der Waals surface area contributed by atoms with Gasteiger partial charge in [0.05, 0.1) is 21.9 Å². The summed E-state index contributed by atoms with van der Waals surface area (Å²) in [6, 6.07) is 11.5. The molecule has 0 bridgehead atoms. The van der Waals surface area contributed by atoms with E-state index < -0.39 is 15.6 Å². The molecule has 1 fully saturated rings. The van der Waals surface area contributed by atoms with Crippen molar-refractivity contribution in [2.75, 3.05) is 29.0 Å². The fraction of sp³-hybridized carbons (Fsp3) is 0.458. The first kappa shape index (κ1) is 25.4. The zero-order valence-electron chi connectivity index (χ0n) is 20.3. The number of pyridine rings is 1. The molecule has 11 heteroatoms. The number of rotatable bonds is 10. The molecule has 35 heavy (non-hydrogen) atoms. The van der Waals surface area contributed by atoms with Crippen LogP contribution in [0.5, 0.6) is 0 Å². The van der Waals surface area contributed by atoms with Crippen molar-refractivity contribution in [1.29, 1.82) is 0 Å². The minimum absolute atomic E-state index is 0.0934. The van der Waals surface area contributed by atoms with E-state index in [1.54, 1.807) is 13.0 Å². The molecular formula is C24H31ClN6O3S. The lowest BCUT2D eigenvalue weighted by Gasteiger charge is -2.21. The lowest BCUT2D eigenvalue weighted by Crippen LogP contribution is -2.35. The van der Waals surface area contributed by atoms with Gasteiger partial charge in [-0.2, -0.15) is 0 Å². The molecule has 2 heterocycles. The number of hydrogen-bond acceptors (Lipinski definition) is 8. The number of anilines is 2. The molecule has 3 atom stereocenters. The highest BCUT2D eigenvalue weighted by molar-refractivity contribution is 7.92. The number of nitrogens with zero attached hydrogens (tertiary/aromatic N) is 4. The zero-order chi connectivity index (χ0) is 25.4. The minimum atomic E-state index is -3.60. The molecule has 1 saturated carbocycles. The van der Waals surface area contributed by atoms with Crippen LogP contribution in [-0.4, -0.2) is 42.9 Å². The number of benzene rings is 1. The van der Waals surface area contributed by atoms with E-state index in [-0.39, 0.29) is 28.4 Å². The summed E-state index contributed by atoms with van der Waals surface area (Å²) in [4.78, 5) is 4.50. The van der Waals surface area contributed by atoms with Gasteiger partial charge in [0, 0.05) is 13.6 Å². The number of hydrogen-bond donors (Lipinski definition) is 2. The first-order valence-electron chi connectivity index (χ1n) is 11.6. The largest absolute Gasteiger partial charge is 0.419 e. The minimum Gasteiger partial charge on any atom is -0.419 e. The molecule has 0 saturated heterocycles. The third-order valence-electron chi connectivity index (χ3n) is 6.40. The van der Waals surface area contributed by atoms with Gasteiger partial charge >= 0.3 is 0 Å². The molecule has 0 aliphatic heterocycles. The number of aromatic nitrogens is 3. The van der Waals surface area contributed by atoms with Crippen molar-refractivity contribution >= 4 is 33.3 Å². The number of nitrogens with two attached hydrogens (primary N) is 1. The SMILES string of the molecule is CCS(=O)(=O)N(C)c1nc(NCC2CC2C)cc(-c2nnc(C(C)(N)Cc3ccccc3)o2)c1Cl. The Morgan fingerprint density at radius 3 is 2.60 bits per heavy atom. The zero-order valence-corrected chi connectivity index (χ0v) is 21.9. The van der Waals surface area contributed by atoms with Crippen LogP contribution in [0.25, 0.3) is 11.5 Å². The van der Waals surface area contributed by atoms with Gasteiger partial charge < -0.3 is 15.5 Å². The maximum absolute atomic E-state index is 12.6. The number of sulfonamides is 1. The Bertz CT molecular complexity index is 1300. The van der Waals surface area contributed by atoms with Crippen LogP contribution in [0.1, 0.15) is 38.6 Å². The van der Waals surface area contributed by atoms with Crippen molar-refractivity contribution in [2.45, 2.75) is 39.2 Å². The van der Waals surface area contributed by atoms with E-state index in [2.05, 4.69) is 27.4 Å². The molecule has 3 unspecified atom stereocenters. The Labute approximate surface area is 211 Å². The van der Waals surface area contributed by atoms with Crippen LogP contribution in [0.3, 0.4) is 0 Å². The van der Waals surface area contributed by atoms with Crippen LogP contribution in [-0.2, 0) is 22.0 Å². The van der Waals surface area contributed by atoms with E-state index in [1.165, 1.54) is 7.05 Å². The van der Waals surface area contributed by atoms with Crippen LogP contribution in [0.2, 0.25) is 5.02 Å². The maximum Gasteiger partial charge on any atom is 0.249 e. The van der Waals surface area contributed by atoms with Crippen LogP contribution < -0.4 is 15.4 Å².